The second-order valence-electron chi connectivity index (χ2n) is 5.38. The Kier molecular flexibility index (Phi) is 4.52. The third-order valence-corrected chi connectivity index (χ3v) is 4.54. The Labute approximate surface area is 144 Å². The predicted octanol–water partition coefficient (Wildman–Crippen LogP) is 3.37. The SMILES string of the molecule is CN(C)c1ccnc2sc(C=O)c(N=CN(C)c3ccccn3)c12. The summed E-state index contributed by atoms with van der Waals surface area (Å²) in [6.07, 6.45) is 5.98. The number of hydrogen-bond donors (Lipinski definition) is 0. The summed E-state index contributed by atoms with van der Waals surface area (Å²) in [5, 5.41) is 0.889. The summed E-state index contributed by atoms with van der Waals surface area (Å²) in [4.78, 5) is 29.8. The van der Waals surface area contributed by atoms with E-state index in [0.717, 1.165) is 28.0 Å². The summed E-state index contributed by atoms with van der Waals surface area (Å²) in [5.41, 5.74) is 1.63. The van der Waals surface area contributed by atoms with Crippen LogP contribution in [0.25, 0.3) is 10.2 Å². The highest BCUT2D eigenvalue weighted by molar-refractivity contribution is 7.21. The van der Waals surface area contributed by atoms with Crippen molar-refractivity contribution in [3.63, 3.8) is 0 Å². The van der Waals surface area contributed by atoms with E-state index in [-0.39, 0.29) is 0 Å². The van der Waals surface area contributed by atoms with Crippen LogP contribution in [0.5, 0.6) is 0 Å². The van der Waals surface area contributed by atoms with E-state index < -0.39 is 0 Å². The molecule has 3 rings (SSSR count). The third kappa shape index (κ3) is 2.98. The van der Waals surface area contributed by atoms with Crippen molar-refractivity contribution in [3.8, 4) is 0 Å². The first-order valence-corrected chi connectivity index (χ1v) is 8.15. The quantitative estimate of drug-likeness (QED) is 0.405. The largest absolute Gasteiger partial charge is 0.377 e. The van der Waals surface area contributed by atoms with Crippen molar-refractivity contribution >= 4 is 51.4 Å². The van der Waals surface area contributed by atoms with Gasteiger partial charge in [-0.05, 0) is 18.2 Å². The number of fused-ring (bicyclic) bond motifs is 1. The molecule has 0 aliphatic heterocycles. The summed E-state index contributed by atoms with van der Waals surface area (Å²) in [7, 11) is 5.78. The Bertz CT molecular complexity index is 889. The minimum Gasteiger partial charge on any atom is -0.377 e. The number of anilines is 2. The van der Waals surface area contributed by atoms with Crippen LogP contribution >= 0.6 is 11.3 Å². The number of thiophene rings is 1. The van der Waals surface area contributed by atoms with E-state index in [1.165, 1.54) is 11.3 Å². The van der Waals surface area contributed by atoms with Gasteiger partial charge in [0.2, 0.25) is 0 Å². The van der Waals surface area contributed by atoms with E-state index in [1.54, 1.807) is 18.7 Å². The molecule has 0 unspecified atom stereocenters. The van der Waals surface area contributed by atoms with Crippen molar-refractivity contribution < 1.29 is 4.79 Å². The van der Waals surface area contributed by atoms with Crippen LogP contribution in [-0.4, -0.2) is 43.7 Å². The van der Waals surface area contributed by atoms with Crippen LogP contribution in [0.4, 0.5) is 17.2 Å². The van der Waals surface area contributed by atoms with Gasteiger partial charge in [0.25, 0.3) is 0 Å². The van der Waals surface area contributed by atoms with Gasteiger partial charge in [-0.3, -0.25) is 4.79 Å². The number of rotatable bonds is 5. The van der Waals surface area contributed by atoms with Gasteiger partial charge in [0.1, 0.15) is 10.6 Å². The molecule has 0 aromatic carbocycles. The Balaban J connectivity index is 2.08. The van der Waals surface area contributed by atoms with Crippen LogP contribution in [-0.2, 0) is 0 Å². The Morgan fingerprint density at radius 2 is 1.96 bits per heavy atom. The number of aromatic nitrogens is 2. The van der Waals surface area contributed by atoms with E-state index in [1.807, 2.05) is 55.2 Å². The fourth-order valence-corrected chi connectivity index (χ4v) is 3.28. The van der Waals surface area contributed by atoms with Crippen LogP contribution in [0.1, 0.15) is 9.67 Å². The van der Waals surface area contributed by atoms with Gasteiger partial charge < -0.3 is 9.80 Å². The Morgan fingerprint density at radius 3 is 2.62 bits per heavy atom. The summed E-state index contributed by atoms with van der Waals surface area (Å²) in [5.74, 6) is 0.777. The van der Waals surface area contributed by atoms with Gasteiger partial charge in [-0.15, -0.1) is 11.3 Å². The lowest BCUT2D eigenvalue weighted by atomic mass is 10.2. The maximum atomic E-state index is 11.5. The highest BCUT2D eigenvalue weighted by Crippen LogP contribution is 2.40. The molecule has 0 N–H and O–H groups in total. The molecule has 0 saturated heterocycles. The number of pyridine rings is 2. The normalized spacial score (nSPS) is 11.1. The van der Waals surface area contributed by atoms with E-state index in [2.05, 4.69) is 15.0 Å². The van der Waals surface area contributed by atoms with Crippen LogP contribution in [0.15, 0.2) is 41.7 Å². The van der Waals surface area contributed by atoms with Crippen LogP contribution in [0.2, 0.25) is 0 Å². The zero-order valence-corrected chi connectivity index (χ0v) is 14.5. The molecule has 0 saturated carbocycles. The summed E-state index contributed by atoms with van der Waals surface area (Å²) < 4.78 is 0. The number of nitrogens with zero attached hydrogens (tertiary/aromatic N) is 5. The molecular weight excluding hydrogens is 322 g/mol. The third-order valence-electron chi connectivity index (χ3n) is 3.53. The van der Waals surface area contributed by atoms with Gasteiger partial charge in [-0.2, -0.15) is 0 Å². The molecule has 0 aliphatic carbocycles. The number of aliphatic imine (C=N–C) groups is 1. The Hall–Kier alpha value is -2.80. The maximum Gasteiger partial charge on any atom is 0.162 e. The van der Waals surface area contributed by atoms with Crippen LogP contribution < -0.4 is 9.80 Å². The van der Waals surface area contributed by atoms with Crippen LogP contribution in [0.3, 0.4) is 0 Å². The second kappa shape index (κ2) is 6.76. The standard InChI is InChI=1S/C17H17N5OS/c1-21(2)12-7-9-19-17-15(12)16(13(10-23)24-17)20-11-22(3)14-6-4-5-8-18-14/h4-11H,1-3H3. The molecule has 7 heteroatoms. The molecule has 6 nitrogen and oxygen atoms in total. The van der Waals surface area contributed by atoms with Gasteiger partial charge in [-0.1, -0.05) is 6.07 Å². The molecule has 0 spiro atoms. The maximum absolute atomic E-state index is 11.5. The highest BCUT2D eigenvalue weighted by atomic mass is 32.1. The van der Waals surface area contributed by atoms with E-state index in [9.17, 15) is 4.79 Å². The zero-order chi connectivity index (χ0) is 17.1. The first kappa shape index (κ1) is 16.1. The molecule has 0 bridgehead atoms. The average Bonchev–Trinajstić information content (AvgIpc) is 2.98. The average molecular weight is 339 g/mol. The summed E-state index contributed by atoms with van der Waals surface area (Å²) >= 11 is 1.35. The first-order chi connectivity index (χ1) is 11.6. The molecule has 0 amide bonds. The second-order valence-corrected chi connectivity index (χ2v) is 6.41. The van der Waals surface area contributed by atoms with Gasteiger partial charge >= 0.3 is 0 Å². The Morgan fingerprint density at radius 1 is 1.12 bits per heavy atom. The molecule has 3 aromatic heterocycles. The highest BCUT2D eigenvalue weighted by Gasteiger charge is 2.16. The van der Waals surface area contributed by atoms with Crippen molar-refractivity contribution in [2.45, 2.75) is 0 Å². The monoisotopic (exact) mass is 339 g/mol. The van der Waals surface area contributed by atoms with E-state index in [0.29, 0.717) is 10.6 Å². The van der Waals surface area contributed by atoms with Crippen molar-refractivity contribution in [2.75, 3.05) is 30.9 Å². The minimum absolute atomic E-state index is 0.567. The molecule has 0 atom stereocenters. The lowest BCUT2D eigenvalue weighted by molar-refractivity contribution is 0.112. The number of carbonyl (C=O) groups is 1. The topological polar surface area (TPSA) is 61.7 Å². The van der Waals surface area contributed by atoms with Crippen molar-refractivity contribution in [3.05, 3.63) is 41.5 Å². The molecule has 0 aliphatic rings. The molecule has 0 radical (unpaired) electrons. The van der Waals surface area contributed by atoms with Crippen molar-refractivity contribution in [1.82, 2.24) is 9.97 Å². The van der Waals surface area contributed by atoms with E-state index >= 15 is 0 Å². The minimum atomic E-state index is 0.567. The van der Waals surface area contributed by atoms with Crippen LogP contribution in [0, 0.1) is 0 Å². The molecule has 3 aromatic rings. The lowest BCUT2D eigenvalue weighted by Crippen LogP contribution is -2.15. The molecule has 3 heterocycles. The van der Waals surface area contributed by atoms with Crippen molar-refractivity contribution in [1.29, 1.82) is 0 Å². The van der Waals surface area contributed by atoms with Gasteiger partial charge in [0.05, 0.1) is 28.0 Å². The number of aldehydes is 1. The number of hydrogen-bond acceptors (Lipinski definition) is 6. The van der Waals surface area contributed by atoms with Gasteiger partial charge in [-0.25, -0.2) is 15.0 Å². The lowest BCUT2D eigenvalue weighted by Gasteiger charge is -2.14. The molecule has 24 heavy (non-hydrogen) atoms. The zero-order valence-electron chi connectivity index (χ0n) is 13.7. The summed E-state index contributed by atoms with van der Waals surface area (Å²) in [6, 6.07) is 7.59. The first-order valence-electron chi connectivity index (χ1n) is 7.34. The van der Waals surface area contributed by atoms with Gasteiger partial charge in [0.15, 0.2) is 6.29 Å². The van der Waals surface area contributed by atoms with E-state index in [4.69, 9.17) is 0 Å². The fourth-order valence-electron chi connectivity index (χ4n) is 2.36. The van der Waals surface area contributed by atoms with Crippen molar-refractivity contribution in [2.24, 2.45) is 4.99 Å². The molecular formula is C17H17N5OS. The fraction of sp³-hybridized carbons (Fsp3) is 0.176. The number of carbonyl (C=O) groups excluding carboxylic acids is 1. The smallest absolute Gasteiger partial charge is 0.162 e. The predicted molar refractivity (Wildman–Crippen MR) is 100 cm³/mol. The molecule has 0 fully saturated rings. The summed E-state index contributed by atoms with van der Waals surface area (Å²) in [6.45, 7) is 0. The molecule has 122 valence electrons. The van der Waals surface area contributed by atoms with Gasteiger partial charge in [0, 0.05) is 33.5 Å².